The van der Waals surface area contributed by atoms with E-state index in [0.717, 1.165) is 50.7 Å². The molecule has 0 spiro atoms. The molecule has 310 valence electrons. The molecule has 58 heavy (non-hydrogen) atoms. The van der Waals surface area contributed by atoms with E-state index in [1.807, 2.05) is 6.07 Å². The number of benzene rings is 2. The number of amides is 1. The molecule has 2 aliphatic heterocycles. The van der Waals surface area contributed by atoms with Crippen LogP contribution < -0.4 is 5.32 Å². The number of carbonyl (C=O) groups is 3. The Morgan fingerprint density at radius 2 is 1.83 bits per heavy atom. The smallest absolute Gasteiger partial charge is 0.425 e. The van der Waals surface area contributed by atoms with Gasteiger partial charge in [0.1, 0.15) is 30.1 Å². The number of hydrogen-bond donors (Lipinski definition) is 1. The number of esters is 1. The summed E-state index contributed by atoms with van der Waals surface area (Å²) >= 11 is 1.25. The third kappa shape index (κ3) is 12.9. The Labute approximate surface area is 338 Å². The van der Waals surface area contributed by atoms with Crippen LogP contribution >= 0.6 is 11.8 Å². The second-order valence-electron chi connectivity index (χ2n) is 13.6. The first-order valence-electron chi connectivity index (χ1n) is 18.7. The van der Waals surface area contributed by atoms with E-state index >= 15 is 4.39 Å². The van der Waals surface area contributed by atoms with Crippen LogP contribution in [0.3, 0.4) is 0 Å². The third-order valence-corrected chi connectivity index (χ3v) is 10.8. The molecule has 14 nitrogen and oxygen atoms in total. The first-order chi connectivity index (χ1) is 27.9. The summed E-state index contributed by atoms with van der Waals surface area (Å²) in [6, 6.07) is 8.90. The SMILES string of the molecule is CC(OC(=O)CCC(=O)NCCN1CCCC1)OC(=O)O[C@@](Cn1cncn1)(c1ccc(F)cc1F)[C@@H](C)SC1COC(/C=C/C=C/c2ccc(C#N)cc2F)OC1. The second-order valence-corrected chi connectivity index (χ2v) is 15.2. The summed E-state index contributed by atoms with van der Waals surface area (Å²) in [5.41, 5.74) is -1.59. The fraction of sp³-hybridized carbons (Fsp3) is 0.450. The summed E-state index contributed by atoms with van der Waals surface area (Å²) < 4.78 is 73.7. The predicted molar refractivity (Wildman–Crippen MR) is 205 cm³/mol. The molecule has 1 N–H and O–H groups in total. The fourth-order valence-electron chi connectivity index (χ4n) is 6.37. The van der Waals surface area contributed by atoms with Gasteiger partial charge >= 0.3 is 12.1 Å². The number of nitrogens with one attached hydrogen (secondary N) is 1. The van der Waals surface area contributed by atoms with Gasteiger partial charge in [-0.15, -0.1) is 11.8 Å². The molecule has 0 radical (unpaired) electrons. The number of likely N-dealkylation sites (tertiary alicyclic amines) is 1. The van der Waals surface area contributed by atoms with Gasteiger partial charge < -0.3 is 33.9 Å². The van der Waals surface area contributed by atoms with Crippen LogP contribution in [0.5, 0.6) is 0 Å². The zero-order chi connectivity index (χ0) is 41.5. The molecule has 3 aromatic rings. The zero-order valence-corrected chi connectivity index (χ0v) is 32.9. The van der Waals surface area contributed by atoms with E-state index in [2.05, 4.69) is 20.3 Å². The van der Waals surface area contributed by atoms with Crippen molar-refractivity contribution >= 4 is 35.9 Å². The van der Waals surface area contributed by atoms with Crippen LogP contribution in [0.4, 0.5) is 18.0 Å². The van der Waals surface area contributed by atoms with Gasteiger partial charge in [0, 0.05) is 48.9 Å². The molecular formula is C40H45F3N6O8S. The number of aromatic nitrogens is 3. The van der Waals surface area contributed by atoms with E-state index in [4.69, 9.17) is 28.9 Å². The highest BCUT2D eigenvalue weighted by Gasteiger charge is 2.47. The van der Waals surface area contributed by atoms with Gasteiger partial charge in [-0.05, 0) is 63.2 Å². The van der Waals surface area contributed by atoms with E-state index in [0.29, 0.717) is 18.2 Å². The van der Waals surface area contributed by atoms with Crippen molar-refractivity contribution in [3.8, 4) is 6.07 Å². The maximum Gasteiger partial charge on any atom is 0.512 e. The van der Waals surface area contributed by atoms with Crippen LogP contribution in [0.15, 0.2) is 67.3 Å². The van der Waals surface area contributed by atoms with Crippen molar-refractivity contribution in [2.45, 2.75) is 74.8 Å². The summed E-state index contributed by atoms with van der Waals surface area (Å²) in [5.74, 6) is -3.51. The average molecular weight is 827 g/mol. The lowest BCUT2D eigenvalue weighted by Crippen LogP contribution is -2.47. The number of thioether (sulfide) groups is 1. The predicted octanol–water partition coefficient (Wildman–Crippen LogP) is 5.63. The van der Waals surface area contributed by atoms with E-state index < -0.39 is 53.0 Å². The number of rotatable bonds is 18. The fourth-order valence-corrected chi connectivity index (χ4v) is 7.73. The van der Waals surface area contributed by atoms with Crippen molar-refractivity contribution in [3.05, 3.63) is 101 Å². The first kappa shape index (κ1) is 43.9. The number of nitrogens with zero attached hydrogens (tertiary/aromatic N) is 5. The number of ether oxygens (including phenoxy) is 5. The van der Waals surface area contributed by atoms with Gasteiger partial charge in [-0.1, -0.05) is 24.3 Å². The molecule has 3 atom stereocenters. The number of carbonyl (C=O) groups excluding carboxylic acids is 3. The summed E-state index contributed by atoms with van der Waals surface area (Å²) in [7, 11) is 0. The van der Waals surface area contributed by atoms with Crippen LogP contribution in [-0.2, 0) is 45.4 Å². The first-order valence-corrected chi connectivity index (χ1v) is 19.7. The summed E-state index contributed by atoms with van der Waals surface area (Å²) in [6.07, 6.45) is 7.34. The quantitative estimate of drug-likeness (QED) is 0.0954. The van der Waals surface area contributed by atoms with E-state index in [-0.39, 0.29) is 54.9 Å². The molecule has 2 saturated heterocycles. The summed E-state index contributed by atoms with van der Waals surface area (Å²) in [6.45, 7) is 6.19. The molecular weight excluding hydrogens is 782 g/mol. The maximum absolute atomic E-state index is 15.7. The van der Waals surface area contributed by atoms with Crippen molar-refractivity contribution in [3.63, 3.8) is 0 Å². The Morgan fingerprint density at radius 3 is 2.52 bits per heavy atom. The van der Waals surface area contributed by atoms with Crippen molar-refractivity contribution < 1.29 is 51.2 Å². The van der Waals surface area contributed by atoms with Crippen LogP contribution in [0.25, 0.3) is 6.08 Å². The lowest BCUT2D eigenvalue weighted by Gasteiger charge is -2.40. The van der Waals surface area contributed by atoms with Gasteiger partial charge in [-0.25, -0.2) is 27.6 Å². The highest BCUT2D eigenvalue weighted by atomic mass is 32.2. The molecule has 0 bridgehead atoms. The second kappa shape index (κ2) is 21.5. The van der Waals surface area contributed by atoms with Crippen LogP contribution in [-0.4, -0.2) is 100 Å². The summed E-state index contributed by atoms with van der Waals surface area (Å²) in [5, 5.41) is 14.7. The van der Waals surface area contributed by atoms with Crippen molar-refractivity contribution in [2.75, 3.05) is 39.4 Å². The highest BCUT2D eigenvalue weighted by Crippen LogP contribution is 2.42. The lowest BCUT2D eigenvalue weighted by molar-refractivity contribution is -0.172. The number of allylic oxidation sites excluding steroid dienone is 2. The number of halogens is 3. The average Bonchev–Trinajstić information content (AvgIpc) is 3.91. The molecule has 18 heteroatoms. The third-order valence-electron chi connectivity index (χ3n) is 9.31. The van der Waals surface area contributed by atoms with Crippen molar-refractivity contribution in [2.24, 2.45) is 0 Å². The molecule has 3 heterocycles. The molecule has 1 aromatic heterocycles. The highest BCUT2D eigenvalue weighted by molar-refractivity contribution is 8.00. The Morgan fingerprint density at radius 1 is 1.05 bits per heavy atom. The zero-order valence-electron chi connectivity index (χ0n) is 32.1. The van der Waals surface area contributed by atoms with Crippen LogP contribution in [0, 0.1) is 28.8 Å². The number of hydrogen-bond acceptors (Lipinski definition) is 13. The lowest BCUT2D eigenvalue weighted by atomic mass is 9.89. The van der Waals surface area contributed by atoms with Gasteiger partial charge in [0.25, 0.3) is 0 Å². The maximum atomic E-state index is 15.7. The topological polar surface area (TPSA) is 167 Å². The van der Waals surface area contributed by atoms with Gasteiger partial charge in [-0.2, -0.15) is 10.4 Å². The molecule has 0 aliphatic carbocycles. The van der Waals surface area contributed by atoms with Gasteiger partial charge in [0.15, 0.2) is 11.9 Å². The molecule has 2 aliphatic rings. The number of nitriles is 1. The molecule has 1 unspecified atom stereocenters. The van der Waals surface area contributed by atoms with Gasteiger partial charge in [0.05, 0.1) is 43.1 Å². The van der Waals surface area contributed by atoms with Crippen molar-refractivity contribution in [1.29, 1.82) is 5.26 Å². The Balaban J connectivity index is 1.21. The van der Waals surface area contributed by atoms with Crippen LogP contribution in [0.1, 0.15) is 56.2 Å². The molecule has 5 rings (SSSR count). The van der Waals surface area contributed by atoms with Gasteiger partial charge in [-0.3, -0.25) is 9.59 Å². The minimum atomic E-state index is -1.91. The van der Waals surface area contributed by atoms with E-state index in [9.17, 15) is 23.2 Å². The molecule has 2 fully saturated rings. The Bertz CT molecular complexity index is 1950. The Kier molecular flexibility index (Phi) is 16.3. The van der Waals surface area contributed by atoms with Gasteiger partial charge in [0.2, 0.25) is 12.2 Å². The van der Waals surface area contributed by atoms with E-state index in [1.165, 1.54) is 54.2 Å². The minimum absolute atomic E-state index is 0.126. The molecule has 2 aromatic carbocycles. The summed E-state index contributed by atoms with van der Waals surface area (Å²) in [4.78, 5) is 44.5. The minimum Gasteiger partial charge on any atom is -0.425 e. The Hall–Kier alpha value is -5.22. The standard InChI is InChI=1S/C40H45F3N6O8S/c1-27(58-32-22-53-38(54-23-32)8-4-3-7-30-10-9-29(21-44)19-34(30)42)40(24-49-26-45-25-47-49,33-12-11-31(41)20-35(33)43)57-39(52)56-28(2)55-37(51)14-13-36(50)46-15-18-48-16-5-6-17-48/h3-4,7-12,19-20,25-28,32,38H,5-6,13-18,22-24H2,1-2H3,(H,46,50)/b7-3+,8-4+/t27-,28?,32?,38?,40-/m1/s1. The molecule has 1 amide bonds. The normalized spacial score (nSPS) is 19.3. The molecule has 0 saturated carbocycles. The monoisotopic (exact) mass is 826 g/mol. The van der Waals surface area contributed by atoms with Crippen molar-refractivity contribution in [1.82, 2.24) is 25.0 Å². The van der Waals surface area contributed by atoms with Crippen LogP contribution in [0.2, 0.25) is 0 Å². The van der Waals surface area contributed by atoms with E-state index in [1.54, 1.807) is 25.2 Å². The largest absolute Gasteiger partial charge is 0.512 e.